The van der Waals surface area contributed by atoms with Gasteiger partial charge in [0.25, 0.3) is 0 Å². The number of amides is 2. The van der Waals surface area contributed by atoms with Crippen LogP contribution < -0.4 is 21.3 Å². The van der Waals surface area contributed by atoms with E-state index in [-0.39, 0.29) is 23.8 Å². The molecule has 3 aromatic rings. The Morgan fingerprint density at radius 1 is 1.24 bits per heavy atom. The molecule has 2 fully saturated rings. The van der Waals surface area contributed by atoms with E-state index in [4.69, 9.17) is 14.7 Å². The van der Waals surface area contributed by atoms with Crippen LogP contribution in [0.25, 0.3) is 5.65 Å². The molecule has 1 aliphatic heterocycles. The average Bonchev–Trinajstić information content (AvgIpc) is 3.57. The molecule has 4 N–H and O–H groups in total. The summed E-state index contributed by atoms with van der Waals surface area (Å²) in [6.07, 6.45) is 6.05. The lowest BCUT2D eigenvalue weighted by molar-refractivity contribution is -0.124. The van der Waals surface area contributed by atoms with Gasteiger partial charge >= 0.3 is 0 Å². The van der Waals surface area contributed by atoms with E-state index in [9.17, 15) is 9.59 Å². The molecule has 2 aromatic heterocycles. The number of ether oxygens (including phenoxy) is 1. The number of hydrogen-bond acceptors (Lipinski definition) is 8. The van der Waals surface area contributed by atoms with E-state index in [1.807, 2.05) is 30.5 Å². The van der Waals surface area contributed by atoms with Crippen molar-refractivity contribution in [3.63, 3.8) is 0 Å². The first kappa shape index (κ1) is 25.7. The van der Waals surface area contributed by atoms with Crippen LogP contribution in [0.15, 0.2) is 43.1 Å². The Hall–Kier alpha value is -3.99. The Bertz CT molecular complexity index is 1340. The zero-order chi connectivity index (χ0) is 26.7. The van der Waals surface area contributed by atoms with Crippen LogP contribution in [0.5, 0.6) is 0 Å². The first-order chi connectivity index (χ1) is 18.4. The molecule has 2 amide bonds. The number of carbonyl (C=O) groups is 2. The van der Waals surface area contributed by atoms with Gasteiger partial charge in [0.15, 0.2) is 5.65 Å². The summed E-state index contributed by atoms with van der Waals surface area (Å²) in [7, 11) is 0. The molecular weight excluding hydrogens is 484 g/mol. The lowest BCUT2D eigenvalue weighted by atomic mass is 10.1. The zero-order valence-electron chi connectivity index (χ0n) is 21.8. The van der Waals surface area contributed by atoms with Gasteiger partial charge in [-0.05, 0) is 55.4 Å². The Morgan fingerprint density at radius 2 is 2.03 bits per heavy atom. The van der Waals surface area contributed by atoms with E-state index in [2.05, 4.69) is 46.8 Å². The van der Waals surface area contributed by atoms with Gasteiger partial charge in [-0.25, -0.2) is 0 Å². The van der Waals surface area contributed by atoms with Crippen LogP contribution >= 0.6 is 0 Å². The van der Waals surface area contributed by atoms with Crippen molar-refractivity contribution in [2.24, 2.45) is 0 Å². The second-order valence-electron chi connectivity index (χ2n) is 10.2. The fourth-order valence-corrected chi connectivity index (χ4v) is 4.52. The Morgan fingerprint density at radius 3 is 2.74 bits per heavy atom. The molecular formula is C27H34N8O3. The van der Waals surface area contributed by atoms with Gasteiger partial charge in [0.2, 0.25) is 23.7 Å². The van der Waals surface area contributed by atoms with Crippen molar-refractivity contribution in [2.75, 3.05) is 29.2 Å². The summed E-state index contributed by atoms with van der Waals surface area (Å²) in [5, 5.41) is 17.1. The fraction of sp³-hybridized carbons (Fsp3) is 0.444. The molecule has 0 atom stereocenters. The average molecular weight is 519 g/mol. The van der Waals surface area contributed by atoms with Crippen molar-refractivity contribution in [2.45, 2.75) is 63.6 Å². The molecule has 1 aromatic carbocycles. The monoisotopic (exact) mass is 518 g/mol. The van der Waals surface area contributed by atoms with Crippen molar-refractivity contribution in [1.82, 2.24) is 24.9 Å². The predicted octanol–water partition coefficient (Wildman–Crippen LogP) is 3.22. The van der Waals surface area contributed by atoms with Crippen LogP contribution in [-0.2, 0) is 20.9 Å². The molecule has 0 radical (unpaired) electrons. The van der Waals surface area contributed by atoms with Gasteiger partial charge in [-0.15, -0.1) is 0 Å². The molecule has 11 heteroatoms. The third kappa shape index (κ3) is 5.62. The molecule has 1 aliphatic carbocycles. The minimum absolute atomic E-state index is 0.225. The molecule has 0 bridgehead atoms. The largest absolute Gasteiger partial charge is 0.381 e. The van der Waals surface area contributed by atoms with E-state index >= 15 is 0 Å². The van der Waals surface area contributed by atoms with Gasteiger partial charge in [0, 0.05) is 37.1 Å². The van der Waals surface area contributed by atoms with Gasteiger partial charge in [-0.1, -0.05) is 32.6 Å². The summed E-state index contributed by atoms with van der Waals surface area (Å²) >= 11 is 0. The number of carbonyl (C=O) groups excluding carboxylic acids is 2. The maximum Gasteiger partial charge on any atom is 0.250 e. The van der Waals surface area contributed by atoms with Crippen LogP contribution in [0.4, 0.5) is 17.6 Å². The fourth-order valence-electron chi connectivity index (χ4n) is 4.52. The van der Waals surface area contributed by atoms with Crippen LogP contribution in [0, 0.1) is 0 Å². The molecule has 2 aliphatic rings. The number of anilines is 3. The minimum Gasteiger partial charge on any atom is -0.381 e. The van der Waals surface area contributed by atoms with E-state index < -0.39 is 5.54 Å². The van der Waals surface area contributed by atoms with Crippen LogP contribution in [0.1, 0.15) is 56.6 Å². The highest BCUT2D eigenvalue weighted by Crippen LogP contribution is 2.36. The SMILES string of the molecule is C=CC(=O)NC1(C(=O)Nc2cccc(CNc3nc(NC4CCOCC4)nc4c(C(C)C)cnn34)c2)CC1. The molecule has 1 saturated heterocycles. The number of rotatable bonds is 10. The summed E-state index contributed by atoms with van der Waals surface area (Å²) in [6, 6.07) is 7.84. The van der Waals surface area contributed by atoms with Crippen LogP contribution in [0.2, 0.25) is 0 Å². The Kier molecular flexibility index (Phi) is 7.28. The number of fused-ring (bicyclic) bond motifs is 1. The molecule has 5 rings (SSSR count). The quantitative estimate of drug-likeness (QED) is 0.301. The second-order valence-corrected chi connectivity index (χ2v) is 10.2. The first-order valence-electron chi connectivity index (χ1n) is 13.1. The van der Waals surface area contributed by atoms with Crippen molar-refractivity contribution in [3.05, 3.63) is 54.2 Å². The topological polar surface area (TPSA) is 135 Å². The van der Waals surface area contributed by atoms with Gasteiger partial charge in [0.05, 0.1) is 6.20 Å². The van der Waals surface area contributed by atoms with Gasteiger partial charge in [-0.3, -0.25) is 9.59 Å². The maximum absolute atomic E-state index is 12.8. The van der Waals surface area contributed by atoms with Crippen LogP contribution in [-0.4, -0.2) is 56.2 Å². The molecule has 0 unspecified atom stereocenters. The van der Waals surface area contributed by atoms with Gasteiger partial charge in [-0.2, -0.15) is 19.6 Å². The van der Waals surface area contributed by atoms with Gasteiger partial charge < -0.3 is 26.0 Å². The van der Waals surface area contributed by atoms with E-state index in [1.54, 1.807) is 4.52 Å². The summed E-state index contributed by atoms with van der Waals surface area (Å²) in [4.78, 5) is 34.1. The van der Waals surface area contributed by atoms with E-state index in [0.29, 0.717) is 37.0 Å². The summed E-state index contributed by atoms with van der Waals surface area (Å²) in [5.41, 5.74) is 2.57. The third-order valence-corrected chi connectivity index (χ3v) is 6.94. The smallest absolute Gasteiger partial charge is 0.250 e. The highest BCUT2D eigenvalue weighted by Gasteiger charge is 2.50. The highest BCUT2D eigenvalue weighted by molar-refractivity contribution is 6.04. The number of aromatic nitrogens is 4. The minimum atomic E-state index is -0.853. The predicted molar refractivity (Wildman–Crippen MR) is 145 cm³/mol. The number of benzene rings is 1. The standard InChI is InChI=1S/C27H34N8O3/c1-4-22(36)34-27(10-11-27)24(37)30-20-7-5-6-18(14-20)15-28-26-33-25(31-19-8-12-38-13-9-19)32-23-21(17(2)3)16-29-35(23)26/h4-7,14,16-17,19H,1,8-13,15H2,2-3H3,(H,30,37)(H,34,36)(H2,28,31,32,33). The Labute approximate surface area is 221 Å². The van der Waals surface area contributed by atoms with Crippen molar-refractivity contribution in [3.8, 4) is 0 Å². The molecule has 1 saturated carbocycles. The first-order valence-corrected chi connectivity index (χ1v) is 13.1. The maximum atomic E-state index is 12.8. The van der Waals surface area contributed by atoms with Gasteiger partial charge in [0.1, 0.15) is 5.54 Å². The zero-order valence-corrected chi connectivity index (χ0v) is 21.8. The van der Waals surface area contributed by atoms with Crippen molar-refractivity contribution in [1.29, 1.82) is 0 Å². The lowest BCUT2D eigenvalue weighted by Crippen LogP contribution is -2.45. The number of hydrogen-bond donors (Lipinski definition) is 4. The third-order valence-electron chi connectivity index (χ3n) is 6.94. The number of nitrogens with zero attached hydrogens (tertiary/aromatic N) is 4. The number of nitrogens with one attached hydrogen (secondary N) is 4. The summed E-state index contributed by atoms with van der Waals surface area (Å²) < 4.78 is 7.21. The van der Waals surface area contributed by atoms with E-state index in [1.165, 1.54) is 6.08 Å². The van der Waals surface area contributed by atoms with E-state index in [0.717, 1.165) is 42.8 Å². The lowest BCUT2D eigenvalue weighted by Gasteiger charge is -2.23. The molecule has 3 heterocycles. The molecule has 200 valence electrons. The molecule has 11 nitrogen and oxygen atoms in total. The Balaban J connectivity index is 1.32. The normalized spacial score (nSPS) is 16.7. The second kappa shape index (κ2) is 10.8. The van der Waals surface area contributed by atoms with Crippen molar-refractivity contribution < 1.29 is 14.3 Å². The molecule has 0 spiro atoms. The van der Waals surface area contributed by atoms with Crippen LogP contribution in [0.3, 0.4) is 0 Å². The molecule has 38 heavy (non-hydrogen) atoms. The highest BCUT2D eigenvalue weighted by atomic mass is 16.5. The summed E-state index contributed by atoms with van der Waals surface area (Å²) in [5.74, 6) is 0.827. The summed E-state index contributed by atoms with van der Waals surface area (Å²) in [6.45, 7) is 9.61. The van der Waals surface area contributed by atoms with Crippen molar-refractivity contribution >= 4 is 35.0 Å².